The zero-order valence-electron chi connectivity index (χ0n) is 42.9. The molecule has 1 atom stereocenters. The first-order chi connectivity index (χ1) is 33.0. The van der Waals surface area contributed by atoms with E-state index in [0.29, 0.717) is 12.8 Å². The van der Waals surface area contributed by atoms with Crippen LogP contribution in [0.3, 0.4) is 0 Å². The second-order valence-corrected chi connectivity index (χ2v) is 17.1. The molecule has 0 aliphatic rings. The molecule has 0 aromatic heterocycles. The van der Waals surface area contributed by atoms with Crippen LogP contribution in [0.15, 0.2) is 134 Å². The molecule has 0 aliphatic carbocycles. The van der Waals surface area contributed by atoms with Crippen molar-refractivity contribution in [2.45, 2.75) is 219 Å². The van der Waals surface area contributed by atoms with Crippen LogP contribution >= 0.6 is 0 Å². The first-order valence-electron chi connectivity index (χ1n) is 26.7. The smallest absolute Gasteiger partial charge is 0.306 e. The van der Waals surface area contributed by atoms with E-state index in [1.807, 2.05) is 12.2 Å². The summed E-state index contributed by atoms with van der Waals surface area (Å²) in [6.45, 7) is 6.35. The molecule has 0 fully saturated rings. The molecule has 1 unspecified atom stereocenters. The summed E-state index contributed by atoms with van der Waals surface area (Å²) in [7, 11) is 0. The van der Waals surface area contributed by atoms with E-state index in [-0.39, 0.29) is 44.0 Å². The molecule has 0 bridgehead atoms. The highest BCUT2D eigenvalue weighted by atomic mass is 16.6. The zero-order valence-corrected chi connectivity index (χ0v) is 42.9. The van der Waals surface area contributed by atoms with E-state index in [0.717, 1.165) is 116 Å². The second kappa shape index (κ2) is 54.2. The largest absolute Gasteiger partial charge is 0.462 e. The maximum absolute atomic E-state index is 12.8. The fraction of sp³-hybridized carbons (Fsp3) is 0.590. The molecule has 0 spiro atoms. The second-order valence-electron chi connectivity index (χ2n) is 17.1. The predicted octanol–water partition coefficient (Wildman–Crippen LogP) is 17.9. The number of carbonyl (C=O) groups is 3. The molecule has 0 N–H and O–H groups in total. The Hall–Kier alpha value is -4.45. The maximum Gasteiger partial charge on any atom is 0.306 e. The molecule has 376 valence electrons. The molecule has 0 aromatic rings. The van der Waals surface area contributed by atoms with Crippen molar-refractivity contribution in [2.24, 2.45) is 0 Å². The lowest BCUT2D eigenvalue weighted by atomic mass is 10.1. The van der Waals surface area contributed by atoms with E-state index < -0.39 is 6.10 Å². The molecule has 0 saturated carbocycles. The minimum absolute atomic E-state index is 0.120. The summed E-state index contributed by atoms with van der Waals surface area (Å²) in [4.78, 5) is 38.0. The molecule has 6 nitrogen and oxygen atoms in total. The molecule has 6 heteroatoms. The van der Waals surface area contributed by atoms with Gasteiger partial charge in [0.25, 0.3) is 0 Å². The third-order valence-corrected chi connectivity index (χ3v) is 10.7. The summed E-state index contributed by atoms with van der Waals surface area (Å²) in [6, 6.07) is 0. The van der Waals surface area contributed by atoms with Gasteiger partial charge in [0, 0.05) is 19.3 Å². The molecule has 0 amide bonds. The number of hydrogen-bond donors (Lipinski definition) is 0. The highest BCUT2D eigenvalue weighted by Crippen LogP contribution is 2.12. The van der Waals surface area contributed by atoms with Gasteiger partial charge in [-0.2, -0.15) is 0 Å². The van der Waals surface area contributed by atoms with Crippen molar-refractivity contribution < 1.29 is 28.6 Å². The molecular weight excluding hydrogens is 829 g/mol. The number of rotatable bonds is 46. The Kier molecular flexibility index (Phi) is 50.6. The molecular formula is C61H96O6. The molecule has 67 heavy (non-hydrogen) atoms. The number of allylic oxidation sites excluding steroid dienone is 22. The van der Waals surface area contributed by atoms with Crippen LogP contribution < -0.4 is 0 Å². The normalized spacial score (nSPS) is 13.2. The molecule has 0 radical (unpaired) electrons. The van der Waals surface area contributed by atoms with Crippen molar-refractivity contribution in [1.82, 2.24) is 0 Å². The minimum Gasteiger partial charge on any atom is -0.462 e. The van der Waals surface area contributed by atoms with Gasteiger partial charge in [0.15, 0.2) is 6.10 Å². The van der Waals surface area contributed by atoms with Gasteiger partial charge in [-0.25, -0.2) is 0 Å². The zero-order chi connectivity index (χ0) is 48.6. The number of hydrogen-bond acceptors (Lipinski definition) is 6. The molecule has 0 rings (SSSR count). The van der Waals surface area contributed by atoms with E-state index in [1.54, 1.807) is 0 Å². The average Bonchev–Trinajstić information content (AvgIpc) is 3.33. The van der Waals surface area contributed by atoms with Crippen molar-refractivity contribution in [3.63, 3.8) is 0 Å². The van der Waals surface area contributed by atoms with Gasteiger partial charge >= 0.3 is 17.9 Å². The van der Waals surface area contributed by atoms with Gasteiger partial charge in [0.1, 0.15) is 13.2 Å². The van der Waals surface area contributed by atoms with Crippen LogP contribution in [0.4, 0.5) is 0 Å². The van der Waals surface area contributed by atoms with Crippen LogP contribution in [-0.4, -0.2) is 37.2 Å². The van der Waals surface area contributed by atoms with Crippen LogP contribution in [0.5, 0.6) is 0 Å². The van der Waals surface area contributed by atoms with Crippen molar-refractivity contribution in [3.05, 3.63) is 134 Å². The molecule has 0 aliphatic heterocycles. The lowest BCUT2D eigenvalue weighted by molar-refractivity contribution is -0.166. The van der Waals surface area contributed by atoms with Gasteiger partial charge in [-0.05, 0) is 109 Å². The van der Waals surface area contributed by atoms with Gasteiger partial charge in [0.05, 0.1) is 0 Å². The average molecular weight is 925 g/mol. The van der Waals surface area contributed by atoms with E-state index >= 15 is 0 Å². The van der Waals surface area contributed by atoms with Crippen molar-refractivity contribution >= 4 is 17.9 Å². The highest BCUT2D eigenvalue weighted by Gasteiger charge is 2.19. The van der Waals surface area contributed by atoms with Crippen LogP contribution in [0.25, 0.3) is 0 Å². The minimum atomic E-state index is -0.829. The summed E-state index contributed by atoms with van der Waals surface area (Å²) < 4.78 is 16.7. The summed E-state index contributed by atoms with van der Waals surface area (Å²) in [5.74, 6) is -1.05. The Balaban J connectivity index is 4.58. The summed E-state index contributed by atoms with van der Waals surface area (Å²) in [5, 5.41) is 0. The third kappa shape index (κ3) is 52.4. The van der Waals surface area contributed by atoms with Crippen LogP contribution in [-0.2, 0) is 28.6 Å². The third-order valence-electron chi connectivity index (χ3n) is 10.7. The maximum atomic E-state index is 12.8. The Bertz CT molecular complexity index is 1480. The first kappa shape index (κ1) is 62.5. The fourth-order valence-electron chi connectivity index (χ4n) is 6.71. The van der Waals surface area contributed by atoms with E-state index in [9.17, 15) is 14.4 Å². The highest BCUT2D eigenvalue weighted by molar-refractivity contribution is 5.71. The van der Waals surface area contributed by atoms with Crippen LogP contribution in [0, 0.1) is 0 Å². The lowest BCUT2D eigenvalue weighted by Crippen LogP contribution is -2.30. The predicted molar refractivity (Wildman–Crippen MR) is 288 cm³/mol. The number of unbranched alkanes of at least 4 members (excludes halogenated alkanes) is 16. The van der Waals surface area contributed by atoms with Gasteiger partial charge in [-0.1, -0.05) is 219 Å². The topological polar surface area (TPSA) is 78.9 Å². The van der Waals surface area contributed by atoms with Crippen LogP contribution in [0.1, 0.15) is 213 Å². The number of carbonyl (C=O) groups excluding carboxylic acids is 3. The van der Waals surface area contributed by atoms with Gasteiger partial charge < -0.3 is 14.2 Å². The standard InChI is InChI=1S/C61H96O6/c1-4-7-10-13-16-19-22-25-27-29-31-33-34-36-39-42-45-48-51-54-60(63)66-57-58(56-65-59(62)53-50-47-44-41-38-24-21-18-15-12-9-6-3)67-61(64)55-52-49-46-43-40-37-35-32-30-28-26-23-20-17-14-11-8-5-2/h7,10,16-21,23,25-28,30-33,35-36,39,45,48,58H,4-6,8-9,11-15,22,24,29,34,37-38,40-44,46-47,49-57H2,1-3H3/b10-7-,19-16-,20-17-,21-18-,26-23-,27-25-,30-28-,33-31-,35-32-,39-36-,48-45-. The molecule has 0 aromatic carbocycles. The molecule has 0 saturated heterocycles. The number of ether oxygens (including phenoxy) is 3. The van der Waals surface area contributed by atoms with E-state index in [2.05, 4.69) is 142 Å². The summed E-state index contributed by atoms with van der Waals surface area (Å²) in [5.41, 5.74) is 0. The lowest BCUT2D eigenvalue weighted by Gasteiger charge is -2.18. The Morgan fingerprint density at radius 1 is 0.328 bits per heavy atom. The Morgan fingerprint density at radius 2 is 0.672 bits per heavy atom. The Labute approximate surface area is 411 Å². The molecule has 0 heterocycles. The SMILES string of the molecule is CC/C=C\C/C=C\C/C=C\C/C=C\C/C=C\C/C=C\CCC(=O)OCC(COC(=O)CCCCCCC/C=C\CCCCC)OC(=O)CCCCCCC\C=C/C=C\C=C/C=C\CCCCC. The Morgan fingerprint density at radius 3 is 1.13 bits per heavy atom. The van der Waals surface area contributed by atoms with Crippen LogP contribution in [0.2, 0.25) is 0 Å². The fourth-order valence-corrected chi connectivity index (χ4v) is 6.71. The van der Waals surface area contributed by atoms with Crippen molar-refractivity contribution in [2.75, 3.05) is 13.2 Å². The van der Waals surface area contributed by atoms with Crippen molar-refractivity contribution in [1.29, 1.82) is 0 Å². The number of esters is 3. The quantitative estimate of drug-likeness (QED) is 0.0199. The van der Waals surface area contributed by atoms with Gasteiger partial charge in [0.2, 0.25) is 0 Å². The summed E-state index contributed by atoms with van der Waals surface area (Å²) >= 11 is 0. The van der Waals surface area contributed by atoms with Gasteiger partial charge in [-0.15, -0.1) is 0 Å². The first-order valence-corrected chi connectivity index (χ1v) is 26.7. The monoisotopic (exact) mass is 925 g/mol. The van der Waals surface area contributed by atoms with E-state index in [1.165, 1.54) is 51.4 Å². The van der Waals surface area contributed by atoms with Crippen molar-refractivity contribution in [3.8, 4) is 0 Å². The summed E-state index contributed by atoms with van der Waals surface area (Å²) in [6.07, 6.45) is 75.8. The van der Waals surface area contributed by atoms with Gasteiger partial charge in [-0.3, -0.25) is 14.4 Å². The van der Waals surface area contributed by atoms with E-state index in [4.69, 9.17) is 14.2 Å².